The molecule has 28 heavy (non-hydrogen) atoms. The first-order chi connectivity index (χ1) is 13.5. The Balaban J connectivity index is 1.75. The van der Waals surface area contributed by atoms with Crippen LogP contribution in [0.5, 0.6) is 5.75 Å². The summed E-state index contributed by atoms with van der Waals surface area (Å²) < 4.78 is 19.0. The lowest BCUT2D eigenvalue weighted by Gasteiger charge is -2.33. The van der Waals surface area contributed by atoms with E-state index in [1.54, 1.807) is 12.1 Å². The van der Waals surface area contributed by atoms with Crippen LogP contribution in [0.2, 0.25) is 0 Å². The minimum absolute atomic E-state index is 0.103. The molecule has 0 saturated carbocycles. The predicted molar refractivity (Wildman–Crippen MR) is 114 cm³/mol. The number of nitrogens with one attached hydrogen (secondary N) is 2. The van der Waals surface area contributed by atoms with Crippen LogP contribution < -0.4 is 15.4 Å². The summed E-state index contributed by atoms with van der Waals surface area (Å²) in [6.07, 6.45) is -0.103. The molecule has 0 aliphatic carbocycles. The fourth-order valence-electron chi connectivity index (χ4n) is 3.17. The first-order valence-electron chi connectivity index (χ1n) is 10.3. The SMILES string of the molecule is CCNC(=NCC(C)CN1CCN(C)CC1)NCC(C)Oc1cccc(F)c1. The zero-order chi connectivity index (χ0) is 20.4. The van der Waals surface area contributed by atoms with E-state index in [1.807, 2.05) is 6.92 Å². The molecule has 6 nitrogen and oxygen atoms in total. The average molecular weight is 394 g/mol. The topological polar surface area (TPSA) is 52.1 Å². The maximum atomic E-state index is 13.3. The van der Waals surface area contributed by atoms with Gasteiger partial charge in [-0.25, -0.2) is 4.39 Å². The summed E-state index contributed by atoms with van der Waals surface area (Å²) in [4.78, 5) is 9.63. The van der Waals surface area contributed by atoms with Crippen molar-refractivity contribution in [2.75, 3.05) is 59.4 Å². The van der Waals surface area contributed by atoms with Crippen molar-refractivity contribution >= 4 is 5.96 Å². The molecule has 0 aromatic heterocycles. The molecule has 1 heterocycles. The van der Waals surface area contributed by atoms with Crippen LogP contribution in [-0.2, 0) is 0 Å². The smallest absolute Gasteiger partial charge is 0.191 e. The number of likely N-dealkylation sites (N-methyl/N-ethyl adjacent to an activating group) is 1. The molecule has 1 fully saturated rings. The van der Waals surface area contributed by atoms with Crippen molar-refractivity contribution in [2.45, 2.75) is 26.9 Å². The van der Waals surface area contributed by atoms with E-state index in [4.69, 9.17) is 9.73 Å². The monoisotopic (exact) mass is 393 g/mol. The van der Waals surface area contributed by atoms with E-state index >= 15 is 0 Å². The Bertz CT molecular complexity index is 604. The summed E-state index contributed by atoms with van der Waals surface area (Å²) in [7, 11) is 2.18. The third-order valence-corrected chi connectivity index (χ3v) is 4.76. The van der Waals surface area contributed by atoms with E-state index in [9.17, 15) is 4.39 Å². The maximum Gasteiger partial charge on any atom is 0.191 e. The van der Waals surface area contributed by atoms with Crippen molar-refractivity contribution in [3.8, 4) is 5.75 Å². The van der Waals surface area contributed by atoms with Gasteiger partial charge >= 0.3 is 0 Å². The van der Waals surface area contributed by atoms with E-state index in [2.05, 4.69) is 41.3 Å². The van der Waals surface area contributed by atoms with Gasteiger partial charge in [0.15, 0.2) is 5.96 Å². The van der Waals surface area contributed by atoms with E-state index in [0.717, 1.165) is 51.8 Å². The van der Waals surface area contributed by atoms with Gasteiger partial charge in [-0.15, -0.1) is 0 Å². The Morgan fingerprint density at radius 3 is 2.64 bits per heavy atom. The second-order valence-corrected chi connectivity index (χ2v) is 7.70. The summed E-state index contributed by atoms with van der Waals surface area (Å²) in [6.45, 7) is 14.1. The molecule has 2 rings (SSSR count). The van der Waals surface area contributed by atoms with Crippen LogP contribution in [0, 0.1) is 11.7 Å². The van der Waals surface area contributed by atoms with Crippen LogP contribution in [0.3, 0.4) is 0 Å². The number of nitrogens with zero attached hydrogens (tertiary/aromatic N) is 3. The minimum Gasteiger partial charge on any atom is -0.489 e. The van der Waals surface area contributed by atoms with Crippen molar-refractivity contribution in [2.24, 2.45) is 10.9 Å². The number of guanidine groups is 1. The molecule has 2 unspecified atom stereocenters. The van der Waals surface area contributed by atoms with Gasteiger partial charge in [-0.05, 0) is 38.9 Å². The van der Waals surface area contributed by atoms with Gasteiger partial charge in [-0.2, -0.15) is 0 Å². The molecule has 1 aromatic carbocycles. The maximum absolute atomic E-state index is 13.3. The fourth-order valence-corrected chi connectivity index (χ4v) is 3.17. The van der Waals surface area contributed by atoms with Crippen molar-refractivity contribution in [1.82, 2.24) is 20.4 Å². The van der Waals surface area contributed by atoms with Gasteiger partial charge in [0, 0.05) is 51.9 Å². The fraction of sp³-hybridized carbons (Fsp3) is 0.667. The molecule has 0 amide bonds. The number of benzene rings is 1. The molecule has 1 aliphatic rings. The van der Waals surface area contributed by atoms with E-state index < -0.39 is 0 Å². The summed E-state index contributed by atoms with van der Waals surface area (Å²) in [6, 6.07) is 6.22. The normalized spacial score (nSPS) is 18.5. The van der Waals surface area contributed by atoms with Crippen LogP contribution in [0.25, 0.3) is 0 Å². The highest BCUT2D eigenvalue weighted by Gasteiger charge is 2.16. The molecule has 7 heteroatoms. The van der Waals surface area contributed by atoms with Crippen molar-refractivity contribution in [3.05, 3.63) is 30.1 Å². The standard InChI is InChI=1S/C21H36FN5O/c1-5-23-21(24-14-17(2)16-27-11-9-26(4)10-12-27)25-15-18(3)28-20-8-6-7-19(22)13-20/h6-8,13,17-18H,5,9-12,14-16H2,1-4H3,(H2,23,24,25). The Hall–Kier alpha value is -1.86. The van der Waals surface area contributed by atoms with Crippen LogP contribution in [0.1, 0.15) is 20.8 Å². The summed E-state index contributed by atoms with van der Waals surface area (Å²) in [5.74, 6) is 1.54. The second-order valence-electron chi connectivity index (χ2n) is 7.70. The lowest BCUT2D eigenvalue weighted by atomic mass is 10.1. The van der Waals surface area contributed by atoms with Gasteiger partial charge in [-0.1, -0.05) is 13.0 Å². The molecule has 158 valence electrons. The number of rotatable bonds is 9. The van der Waals surface area contributed by atoms with Crippen molar-refractivity contribution in [3.63, 3.8) is 0 Å². The molecule has 1 aromatic rings. The lowest BCUT2D eigenvalue weighted by Crippen LogP contribution is -2.46. The average Bonchev–Trinajstić information content (AvgIpc) is 2.66. The first-order valence-corrected chi connectivity index (χ1v) is 10.3. The number of hydrogen-bond acceptors (Lipinski definition) is 4. The predicted octanol–water partition coefficient (Wildman–Crippen LogP) is 2.03. The van der Waals surface area contributed by atoms with Gasteiger partial charge in [0.2, 0.25) is 0 Å². The number of halogens is 1. The van der Waals surface area contributed by atoms with Gasteiger partial charge in [-0.3, -0.25) is 4.99 Å². The molecular weight excluding hydrogens is 357 g/mol. The van der Waals surface area contributed by atoms with Gasteiger partial charge in [0.25, 0.3) is 0 Å². The van der Waals surface area contributed by atoms with Crippen molar-refractivity contribution in [1.29, 1.82) is 0 Å². The molecule has 0 radical (unpaired) electrons. The van der Waals surface area contributed by atoms with Gasteiger partial charge in [0.05, 0.1) is 6.54 Å². The van der Waals surface area contributed by atoms with E-state index in [0.29, 0.717) is 18.2 Å². The molecule has 2 N–H and O–H groups in total. The second kappa shape index (κ2) is 11.9. The largest absolute Gasteiger partial charge is 0.489 e. The summed E-state index contributed by atoms with van der Waals surface area (Å²) in [5, 5.41) is 6.60. The Morgan fingerprint density at radius 1 is 1.21 bits per heavy atom. The zero-order valence-electron chi connectivity index (χ0n) is 17.7. The quantitative estimate of drug-likeness (QED) is 0.497. The minimum atomic E-state index is -0.290. The zero-order valence-corrected chi connectivity index (χ0v) is 17.7. The third-order valence-electron chi connectivity index (χ3n) is 4.76. The molecule has 1 aliphatic heterocycles. The Kier molecular flexibility index (Phi) is 9.50. The Morgan fingerprint density at radius 2 is 1.96 bits per heavy atom. The Labute approximate surface area is 169 Å². The molecule has 0 bridgehead atoms. The van der Waals surface area contributed by atoms with Crippen LogP contribution >= 0.6 is 0 Å². The third kappa shape index (κ3) is 8.44. The molecule has 1 saturated heterocycles. The summed E-state index contributed by atoms with van der Waals surface area (Å²) >= 11 is 0. The first kappa shape index (κ1) is 22.4. The number of ether oxygens (including phenoxy) is 1. The number of hydrogen-bond donors (Lipinski definition) is 2. The molecular formula is C21H36FN5O. The van der Waals surface area contributed by atoms with Crippen molar-refractivity contribution < 1.29 is 9.13 Å². The molecule has 2 atom stereocenters. The highest BCUT2D eigenvalue weighted by molar-refractivity contribution is 5.79. The molecule has 0 spiro atoms. The van der Waals surface area contributed by atoms with Crippen LogP contribution in [0.15, 0.2) is 29.3 Å². The van der Waals surface area contributed by atoms with E-state index in [1.165, 1.54) is 12.1 Å². The van der Waals surface area contributed by atoms with Gasteiger partial charge < -0.3 is 25.2 Å². The summed E-state index contributed by atoms with van der Waals surface area (Å²) in [5.41, 5.74) is 0. The highest BCUT2D eigenvalue weighted by atomic mass is 19.1. The number of piperazine rings is 1. The van der Waals surface area contributed by atoms with Crippen LogP contribution in [0.4, 0.5) is 4.39 Å². The highest BCUT2D eigenvalue weighted by Crippen LogP contribution is 2.13. The van der Waals surface area contributed by atoms with Gasteiger partial charge in [0.1, 0.15) is 17.7 Å². The van der Waals surface area contributed by atoms with E-state index in [-0.39, 0.29) is 11.9 Å². The lowest BCUT2D eigenvalue weighted by molar-refractivity contribution is 0.140. The number of aliphatic imine (C=N–C) groups is 1. The van der Waals surface area contributed by atoms with Crippen LogP contribution in [-0.4, -0.2) is 81.3 Å².